The van der Waals surface area contributed by atoms with E-state index in [0.717, 1.165) is 36.1 Å². The molecule has 118 valence electrons. The van der Waals surface area contributed by atoms with Crippen molar-refractivity contribution in [2.75, 3.05) is 26.2 Å². The summed E-state index contributed by atoms with van der Waals surface area (Å²) < 4.78 is 0. The molecule has 5 nitrogen and oxygen atoms in total. The Hall–Kier alpha value is -1.14. The SMILES string of the molecule is Cc1csc(CNC(=O)NCCCN2CCC[C@@H](C)C2)n1. The smallest absolute Gasteiger partial charge is 0.315 e. The molecule has 2 rings (SSSR count). The van der Waals surface area contributed by atoms with E-state index in [4.69, 9.17) is 0 Å². The van der Waals surface area contributed by atoms with Crippen molar-refractivity contribution in [3.63, 3.8) is 0 Å². The number of piperidine rings is 1. The van der Waals surface area contributed by atoms with E-state index in [1.807, 2.05) is 12.3 Å². The number of thiazole rings is 1. The molecule has 1 aromatic rings. The van der Waals surface area contributed by atoms with E-state index in [2.05, 4.69) is 27.4 Å². The predicted molar refractivity (Wildman–Crippen MR) is 86.5 cm³/mol. The third kappa shape index (κ3) is 6.01. The highest BCUT2D eigenvalue weighted by molar-refractivity contribution is 7.09. The van der Waals surface area contributed by atoms with Gasteiger partial charge in [-0.05, 0) is 45.2 Å². The van der Waals surface area contributed by atoms with E-state index in [-0.39, 0.29) is 6.03 Å². The number of urea groups is 1. The molecule has 1 fully saturated rings. The highest BCUT2D eigenvalue weighted by Gasteiger charge is 2.15. The van der Waals surface area contributed by atoms with Gasteiger partial charge in [-0.15, -0.1) is 11.3 Å². The van der Waals surface area contributed by atoms with Crippen molar-refractivity contribution in [3.05, 3.63) is 16.1 Å². The Labute approximate surface area is 131 Å². The average molecular weight is 310 g/mol. The van der Waals surface area contributed by atoms with Crippen LogP contribution in [-0.2, 0) is 6.54 Å². The van der Waals surface area contributed by atoms with E-state index >= 15 is 0 Å². The van der Waals surface area contributed by atoms with Crippen molar-refractivity contribution in [3.8, 4) is 0 Å². The van der Waals surface area contributed by atoms with Crippen LogP contribution in [0, 0.1) is 12.8 Å². The van der Waals surface area contributed by atoms with Gasteiger partial charge in [-0.25, -0.2) is 9.78 Å². The zero-order chi connectivity index (χ0) is 15.1. The van der Waals surface area contributed by atoms with Crippen LogP contribution in [0.4, 0.5) is 4.79 Å². The van der Waals surface area contributed by atoms with Crippen LogP contribution in [0.1, 0.15) is 36.9 Å². The summed E-state index contributed by atoms with van der Waals surface area (Å²) in [6, 6.07) is -0.102. The van der Waals surface area contributed by atoms with Crippen molar-refractivity contribution >= 4 is 17.4 Å². The van der Waals surface area contributed by atoms with Gasteiger partial charge in [-0.2, -0.15) is 0 Å². The summed E-state index contributed by atoms with van der Waals surface area (Å²) in [7, 11) is 0. The molecule has 0 bridgehead atoms. The zero-order valence-corrected chi connectivity index (χ0v) is 13.8. The number of likely N-dealkylation sites (tertiary alicyclic amines) is 1. The van der Waals surface area contributed by atoms with Crippen molar-refractivity contribution in [1.82, 2.24) is 20.5 Å². The fourth-order valence-corrected chi connectivity index (χ4v) is 3.41. The Balaban J connectivity index is 1.53. The summed E-state index contributed by atoms with van der Waals surface area (Å²) in [4.78, 5) is 18.5. The summed E-state index contributed by atoms with van der Waals surface area (Å²) >= 11 is 1.58. The molecule has 1 atom stereocenters. The largest absolute Gasteiger partial charge is 0.338 e. The molecule has 2 heterocycles. The number of amides is 2. The topological polar surface area (TPSA) is 57.3 Å². The number of hydrogen-bond donors (Lipinski definition) is 2. The van der Waals surface area contributed by atoms with Gasteiger partial charge < -0.3 is 15.5 Å². The lowest BCUT2D eigenvalue weighted by Crippen LogP contribution is -2.38. The van der Waals surface area contributed by atoms with Crippen LogP contribution >= 0.6 is 11.3 Å². The minimum Gasteiger partial charge on any atom is -0.338 e. The van der Waals surface area contributed by atoms with Gasteiger partial charge in [-0.3, -0.25) is 0 Å². The van der Waals surface area contributed by atoms with Crippen molar-refractivity contribution in [1.29, 1.82) is 0 Å². The fourth-order valence-electron chi connectivity index (χ4n) is 2.70. The first-order valence-electron chi connectivity index (χ1n) is 7.78. The Bertz CT molecular complexity index is 449. The molecule has 0 aliphatic carbocycles. The Morgan fingerprint density at radius 2 is 2.38 bits per heavy atom. The first kappa shape index (κ1) is 16.2. The molecule has 0 saturated carbocycles. The van der Waals surface area contributed by atoms with Gasteiger partial charge in [0.2, 0.25) is 0 Å². The van der Waals surface area contributed by atoms with Gasteiger partial charge >= 0.3 is 6.03 Å². The molecule has 21 heavy (non-hydrogen) atoms. The van der Waals surface area contributed by atoms with Crippen LogP contribution in [0.3, 0.4) is 0 Å². The maximum absolute atomic E-state index is 11.7. The molecule has 1 saturated heterocycles. The monoisotopic (exact) mass is 310 g/mol. The Morgan fingerprint density at radius 1 is 1.52 bits per heavy atom. The number of carbonyl (C=O) groups is 1. The molecule has 1 aliphatic rings. The van der Waals surface area contributed by atoms with Gasteiger partial charge in [0.15, 0.2) is 0 Å². The van der Waals surface area contributed by atoms with E-state index in [0.29, 0.717) is 6.54 Å². The summed E-state index contributed by atoms with van der Waals surface area (Å²) in [5.41, 5.74) is 1.01. The molecule has 0 aromatic carbocycles. The summed E-state index contributed by atoms with van der Waals surface area (Å²) in [6.07, 6.45) is 3.67. The highest BCUT2D eigenvalue weighted by atomic mass is 32.1. The fraction of sp³-hybridized carbons (Fsp3) is 0.733. The molecule has 1 aromatic heterocycles. The van der Waals surface area contributed by atoms with E-state index in [9.17, 15) is 4.79 Å². The van der Waals surface area contributed by atoms with Gasteiger partial charge in [0.25, 0.3) is 0 Å². The van der Waals surface area contributed by atoms with Crippen LogP contribution in [0.15, 0.2) is 5.38 Å². The third-order valence-corrected chi connectivity index (χ3v) is 4.71. The first-order valence-corrected chi connectivity index (χ1v) is 8.66. The van der Waals surface area contributed by atoms with Crippen molar-refractivity contribution in [2.24, 2.45) is 5.92 Å². The van der Waals surface area contributed by atoms with Gasteiger partial charge in [0.05, 0.1) is 6.54 Å². The summed E-state index contributed by atoms with van der Waals surface area (Å²) in [5, 5.41) is 8.70. The normalized spacial score (nSPS) is 19.4. The second-order valence-electron chi connectivity index (χ2n) is 5.89. The van der Waals surface area contributed by atoms with Gasteiger partial charge in [0, 0.05) is 24.2 Å². The van der Waals surface area contributed by atoms with Crippen LogP contribution in [-0.4, -0.2) is 42.1 Å². The Kier molecular flexibility index (Phi) is 6.45. The number of aromatic nitrogens is 1. The minimum atomic E-state index is -0.102. The molecule has 0 radical (unpaired) electrons. The number of nitrogens with zero attached hydrogens (tertiary/aromatic N) is 2. The standard InChI is InChI=1S/C15H26N4OS/c1-12-5-3-7-19(10-12)8-4-6-16-15(20)17-9-14-18-13(2)11-21-14/h11-12H,3-10H2,1-2H3,(H2,16,17,20)/t12-/m1/s1. The average Bonchev–Trinajstić information content (AvgIpc) is 2.87. The lowest BCUT2D eigenvalue weighted by atomic mass is 10.0. The van der Waals surface area contributed by atoms with Crippen LogP contribution in [0.5, 0.6) is 0 Å². The quantitative estimate of drug-likeness (QED) is 0.793. The predicted octanol–water partition coefficient (Wildman–Crippen LogP) is 2.37. The second-order valence-corrected chi connectivity index (χ2v) is 6.84. The Morgan fingerprint density at radius 3 is 3.10 bits per heavy atom. The van der Waals surface area contributed by atoms with Crippen LogP contribution in [0.2, 0.25) is 0 Å². The molecular weight excluding hydrogens is 284 g/mol. The summed E-state index contributed by atoms with van der Waals surface area (Å²) in [5.74, 6) is 0.816. The highest BCUT2D eigenvalue weighted by Crippen LogP contribution is 2.15. The maximum atomic E-state index is 11.7. The second kappa shape index (κ2) is 8.34. The number of rotatable bonds is 6. The lowest BCUT2D eigenvalue weighted by Gasteiger charge is -2.30. The van der Waals surface area contributed by atoms with Gasteiger partial charge in [-0.1, -0.05) is 6.92 Å². The number of nitrogens with one attached hydrogen (secondary N) is 2. The van der Waals surface area contributed by atoms with Gasteiger partial charge in [0.1, 0.15) is 5.01 Å². The molecule has 0 unspecified atom stereocenters. The summed E-state index contributed by atoms with van der Waals surface area (Å²) in [6.45, 7) is 9.01. The molecule has 1 aliphatic heterocycles. The molecular formula is C15H26N4OS. The number of carbonyl (C=O) groups excluding carboxylic acids is 1. The van der Waals surface area contributed by atoms with Crippen molar-refractivity contribution in [2.45, 2.75) is 39.7 Å². The minimum absolute atomic E-state index is 0.102. The number of aryl methyl sites for hydroxylation is 1. The zero-order valence-electron chi connectivity index (χ0n) is 13.0. The van der Waals surface area contributed by atoms with Crippen LogP contribution in [0.25, 0.3) is 0 Å². The van der Waals surface area contributed by atoms with Crippen LogP contribution < -0.4 is 10.6 Å². The lowest BCUT2D eigenvalue weighted by molar-refractivity contribution is 0.181. The molecule has 6 heteroatoms. The maximum Gasteiger partial charge on any atom is 0.315 e. The van der Waals surface area contributed by atoms with E-state index < -0.39 is 0 Å². The molecule has 0 spiro atoms. The number of hydrogen-bond acceptors (Lipinski definition) is 4. The van der Waals surface area contributed by atoms with E-state index in [1.165, 1.54) is 25.9 Å². The molecule has 2 N–H and O–H groups in total. The van der Waals surface area contributed by atoms with Crippen molar-refractivity contribution < 1.29 is 4.79 Å². The third-order valence-electron chi connectivity index (χ3n) is 3.74. The first-order chi connectivity index (χ1) is 10.1. The van der Waals surface area contributed by atoms with E-state index in [1.54, 1.807) is 11.3 Å². The molecule has 2 amide bonds.